The summed E-state index contributed by atoms with van der Waals surface area (Å²) >= 11 is 0. The summed E-state index contributed by atoms with van der Waals surface area (Å²) < 4.78 is 12.7. The molecule has 3 nitrogen and oxygen atoms in total. The molecule has 1 amide bonds. The molecule has 0 aliphatic rings. The van der Waals surface area contributed by atoms with E-state index in [1.165, 1.54) is 19.9 Å². The number of amides is 1. The Hall–Kier alpha value is -1.32. The topological polar surface area (TPSA) is 46.5 Å². The maximum absolute atomic E-state index is 12.7. The first kappa shape index (κ1) is 11.7. The SMILES string of the molecule is C/C=C(/C)C(=O)N=C(F)C(=O)CC. The minimum atomic E-state index is -1.21. The molecule has 0 unspecified atom stereocenters. The normalized spacial score (nSPS) is 12.9. The molecule has 0 bridgehead atoms. The Balaban J connectivity index is 4.58. The van der Waals surface area contributed by atoms with Crippen molar-refractivity contribution in [2.45, 2.75) is 27.2 Å². The molecule has 0 N–H and O–H groups in total. The van der Waals surface area contributed by atoms with E-state index >= 15 is 0 Å². The van der Waals surface area contributed by atoms with Crippen LogP contribution in [0.1, 0.15) is 27.2 Å². The van der Waals surface area contributed by atoms with Gasteiger partial charge in [-0.25, -0.2) is 0 Å². The molecule has 4 heteroatoms. The van der Waals surface area contributed by atoms with Crippen LogP contribution >= 0.6 is 0 Å². The molecule has 72 valence electrons. The molecule has 0 aliphatic carbocycles. The van der Waals surface area contributed by atoms with E-state index in [9.17, 15) is 14.0 Å². The summed E-state index contributed by atoms with van der Waals surface area (Å²) in [5.74, 6) is -2.67. The van der Waals surface area contributed by atoms with Gasteiger partial charge < -0.3 is 0 Å². The quantitative estimate of drug-likeness (QED) is 0.497. The highest BCUT2D eigenvalue weighted by atomic mass is 19.1. The molecule has 0 atom stereocenters. The minimum absolute atomic E-state index is 0.0114. The van der Waals surface area contributed by atoms with Crippen LogP contribution < -0.4 is 0 Å². The van der Waals surface area contributed by atoms with Gasteiger partial charge in [-0.1, -0.05) is 13.0 Å². The smallest absolute Gasteiger partial charge is 0.275 e. The Morgan fingerprint density at radius 1 is 1.46 bits per heavy atom. The number of aliphatic imine (C=N–C) groups is 1. The first-order valence-electron chi connectivity index (χ1n) is 3.97. The van der Waals surface area contributed by atoms with Gasteiger partial charge in [-0.05, 0) is 13.8 Å². The Labute approximate surface area is 76.4 Å². The van der Waals surface area contributed by atoms with Gasteiger partial charge >= 0.3 is 0 Å². The van der Waals surface area contributed by atoms with Crippen molar-refractivity contribution < 1.29 is 14.0 Å². The predicted molar refractivity (Wildman–Crippen MR) is 48.3 cm³/mol. The van der Waals surface area contributed by atoms with Gasteiger partial charge in [-0.3, -0.25) is 9.59 Å². The lowest BCUT2D eigenvalue weighted by atomic mass is 10.3. The molecule has 0 radical (unpaired) electrons. The predicted octanol–water partition coefficient (Wildman–Crippen LogP) is 1.83. The lowest BCUT2D eigenvalue weighted by Crippen LogP contribution is -2.10. The van der Waals surface area contributed by atoms with Crippen LogP contribution in [0.15, 0.2) is 16.6 Å². The zero-order valence-corrected chi connectivity index (χ0v) is 7.93. The summed E-state index contributed by atoms with van der Waals surface area (Å²) in [6.07, 6.45) is 1.52. The number of carbonyl (C=O) groups is 2. The van der Waals surface area contributed by atoms with E-state index in [0.717, 1.165) is 0 Å². The van der Waals surface area contributed by atoms with Crippen molar-refractivity contribution >= 4 is 17.7 Å². The molecular formula is C9H12FNO2. The number of hydrogen-bond donors (Lipinski definition) is 0. The molecule has 0 aromatic carbocycles. The highest BCUT2D eigenvalue weighted by Crippen LogP contribution is 1.98. The van der Waals surface area contributed by atoms with Gasteiger partial charge in [-0.2, -0.15) is 9.38 Å². The molecule has 0 rings (SSSR count). The van der Waals surface area contributed by atoms with Crippen LogP contribution in [0.3, 0.4) is 0 Å². The number of hydrogen-bond acceptors (Lipinski definition) is 2. The lowest BCUT2D eigenvalue weighted by molar-refractivity contribution is -0.116. The highest BCUT2D eigenvalue weighted by Gasteiger charge is 2.10. The molecule has 0 aromatic heterocycles. The molecule has 0 aliphatic heterocycles. The van der Waals surface area contributed by atoms with Crippen molar-refractivity contribution in [2.24, 2.45) is 4.99 Å². The zero-order chi connectivity index (χ0) is 10.4. The van der Waals surface area contributed by atoms with Crippen LogP contribution in [0.25, 0.3) is 0 Å². The molecule has 0 saturated heterocycles. The van der Waals surface area contributed by atoms with Gasteiger partial charge in [0.15, 0.2) is 0 Å². The number of allylic oxidation sites excluding steroid dienone is 1. The second-order valence-electron chi connectivity index (χ2n) is 2.46. The van der Waals surface area contributed by atoms with Crippen LogP contribution in [0.4, 0.5) is 4.39 Å². The summed E-state index contributed by atoms with van der Waals surface area (Å²) in [6.45, 7) is 4.66. The fraction of sp³-hybridized carbons (Fsp3) is 0.444. The van der Waals surface area contributed by atoms with E-state index in [-0.39, 0.29) is 6.42 Å². The summed E-state index contributed by atoms with van der Waals surface area (Å²) in [6, 6.07) is 0. The van der Waals surface area contributed by atoms with Crippen molar-refractivity contribution in [3.63, 3.8) is 0 Å². The number of carbonyl (C=O) groups excluding carboxylic acids is 2. The second-order valence-corrected chi connectivity index (χ2v) is 2.46. The number of ketones is 1. The average Bonchev–Trinajstić information content (AvgIpc) is 2.14. The molecule has 0 saturated carbocycles. The maximum atomic E-state index is 12.7. The highest BCUT2D eigenvalue weighted by molar-refractivity contribution is 6.37. The fourth-order valence-corrected chi connectivity index (χ4v) is 0.509. The number of halogens is 1. The lowest BCUT2D eigenvalue weighted by Gasteiger charge is -1.93. The second kappa shape index (κ2) is 5.35. The largest absolute Gasteiger partial charge is 0.290 e. The molecule has 0 heterocycles. The van der Waals surface area contributed by atoms with Crippen LogP contribution in [0, 0.1) is 0 Å². The number of nitrogens with zero attached hydrogens (tertiary/aromatic N) is 1. The van der Waals surface area contributed by atoms with E-state index in [0.29, 0.717) is 5.57 Å². The van der Waals surface area contributed by atoms with Crippen LogP contribution in [-0.4, -0.2) is 17.7 Å². The molecule has 0 aromatic rings. The average molecular weight is 185 g/mol. The fourth-order valence-electron chi connectivity index (χ4n) is 0.509. The van der Waals surface area contributed by atoms with E-state index in [2.05, 4.69) is 4.99 Å². The van der Waals surface area contributed by atoms with E-state index < -0.39 is 17.7 Å². The monoisotopic (exact) mass is 185 g/mol. The van der Waals surface area contributed by atoms with Gasteiger partial charge in [0, 0.05) is 12.0 Å². The van der Waals surface area contributed by atoms with Crippen molar-refractivity contribution in [3.05, 3.63) is 11.6 Å². The Bertz CT molecular complexity index is 279. The van der Waals surface area contributed by atoms with Crippen molar-refractivity contribution in [2.75, 3.05) is 0 Å². The zero-order valence-electron chi connectivity index (χ0n) is 7.93. The van der Waals surface area contributed by atoms with Gasteiger partial charge in [0.05, 0.1) is 0 Å². The van der Waals surface area contributed by atoms with Crippen molar-refractivity contribution in [1.82, 2.24) is 0 Å². The first-order valence-corrected chi connectivity index (χ1v) is 3.97. The number of Topliss-reactive ketones (excluding diaryl/α,β-unsaturated/α-hetero) is 1. The Morgan fingerprint density at radius 3 is 2.38 bits per heavy atom. The van der Waals surface area contributed by atoms with Crippen LogP contribution in [-0.2, 0) is 9.59 Å². The molecule has 0 fully saturated rings. The summed E-state index contributed by atoms with van der Waals surface area (Å²) in [7, 11) is 0. The minimum Gasteiger partial charge on any atom is -0.290 e. The Morgan fingerprint density at radius 2 is 2.00 bits per heavy atom. The Kier molecular flexibility index (Phi) is 4.80. The molecule has 0 spiro atoms. The first-order chi connectivity index (χ1) is 6.02. The molecule has 13 heavy (non-hydrogen) atoms. The van der Waals surface area contributed by atoms with E-state index in [1.54, 1.807) is 6.92 Å². The van der Waals surface area contributed by atoms with Gasteiger partial charge in [0.2, 0.25) is 5.78 Å². The van der Waals surface area contributed by atoms with Gasteiger partial charge in [-0.15, -0.1) is 0 Å². The number of rotatable bonds is 3. The van der Waals surface area contributed by atoms with Crippen molar-refractivity contribution in [3.8, 4) is 0 Å². The third-order valence-electron chi connectivity index (χ3n) is 1.52. The standard InChI is InChI=1S/C9H12FNO2/c1-4-6(3)9(13)11-8(10)7(12)5-2/h4H,5H2,1-3H3/b6-4-,11-8?. The summed E-state index contributed by atoms with van der Waals surface area (Å²) in [5.41, 5.74) is 0.319. The third kappa shape index (κ3) is 3.73. The van der Waals surface area contributed by atoms with Crippen molar-refractivity contribution in [1.29, 1.82) is 0 Å². The van der Waals surface area contributed by atoms with E-state index in [1.807, 2.05) is 0 Å². The molecular weight excluding hydrogens is 173 g/mol. The van der Waals surface area contributed by atoms with E-state index in [4.69, 9.17) is 0 Å². The summed E-state index contributed by atoms with van der Waals surface area (Å²) in [5, 5.41) is 0. The summed E-state index contributed by atoms with van der Waals surface area (Å²) in [4.78, 5) is 24.6. The van der Waals surface area contributed by atoms with Gasteiger partial charge in [0.25, 0.3) is 11.9 Å². The maximum Gasteiger partial charge on any atom is 0.275 e. The van der Waals surface area contributed by atoms with Crippen LogP contribution in [0.5, 0.6) is 0 Å². The van der Waals surface area contributed by atoms with Gasteiger partial charge in [0.1, 0.15) is 0 Å². The van der Waals surface area contributed by atoms with Crippen LogP contribution in [0.2, 0.25) is 0 Å². The third-order valence-corrected chi connectivity index (χ3v) is 1.52.